The minimum Gasteiger partial charge on any atom is -0.397 e. The summed E-state index contributed by atoms with van der Waals surface area (Å²) in [5.74, 6) is 0. The van der Waals surface area contributed by atoms with Gasteiger partial charge in [-0.05, 0) is 42.3 Å². The number of halogens is 1. The second-order valence-electron chi connectivity index (χ2n) is 3.33. The van der Waals surface area contributed by atoms with Gasteiger partial charge in [0.25, 0.3) is 5.56 Å². The van der Waals surface area contributed by atoms with Crippen LogP contribution in [-0.2, 0) is 0 Å². The van der Waals surface area contributed by atoms with E-state index in [1.807, 2.05) is 20.8 Å². The fraction of sp³-hybridized carbons (Fsp3) is 0.444. The molecular weight excluding hydrogens is 232 g/mol. The largest absolute Gasteiger partial charge is 0.397 e. The first-order chi connectivity index (χ1) is 5.95. The monoisotopic (exact) mass is 244 g/mol. The maximum Gasteiger partial charge on any atom is 0.265 e. The Bertz CT molecular complexity index is 382. The number of hydrogen-bond donors (Lipinski definition) is 1. The molecule has 0 aliphatic carbocycles. The van der Waals surface area contributed by atoms with E-state index >= 15 is 0 Å². The molecule has 1 aromatic heterocycles. The molecule has 72 valence electrons. The van der Waals surface area contributed by atoms with Gasteiger partial charge in [0.05, 0.1) is 10.2 Å². The minimum absolute atomic E-state index is 0.0262. The summed E-state index contributed by atoms with van der Waals surface area (Å²) in [6.07, 6.45) is 1.69. The molecule has 1 aromatic rings. The van der Waals surface area contributed by atoms with Gasteiger partial charge in [-0.2, -0.15) is 0 Å². The third kappa shape index (κ3) is 1.77. The Kier molecular flexibility index (Phi) is 2.81. The molecule has 0 unspecified atom stereocenters. The van der Waals surface area contributed by atoms with Crippen LogP contribution < -0.4 is 11.3 Å². The highest BCUT2D eigenvalue weighted by atomic mass is 79.9. The van der Waals surface area contributed by atoms with Crippen LogP contribution in [0.4, 0.5) is 5.69 Å². The summed E-state index contributed by atoms with van der Waals surface area (Å²) < 4.78 is 2.17. The van der Waals surface area contributed by atoms with E-state index in [4.69, 9.17) is 5.73 Å². The van der Waals surface area contributed by atoms with Crippen molar-refractivity contribution >= 4 is 21.6 Å². The summed E-state index contributed by atoms with van der Waals surface area (Å²) in [4.78, 5) is 11.6. The van der Waals surface area contributed by atoms with Gasteiger partial charge in [0.1, 0.15) is 0 Å². The zero-order valence-electron chi connectivity index (χ0n) is 7.97. The van der Waals surface area contributed by atoms with Crippen LogP contribution in [0.5, 0.6) is 0 Å². The predicted octanol–water partition coefficient (Wildman–Crippen LogP) is 2.08. The number of nitrogens with zero attached hydrogens (tertiary/aromatic N) is 1. The molecule has 0 aromatic carbocycles. The van der Waals surface area contributed by atoms with Crippen LogP contribution in [0.1, 0.15) is 25.5 Å². The van der Waals surface area contributed by atoms with Crippen LogP contribution >= 0.6 is 15.9 Å². The Morgan fingerprint density at radius 3 is 2.54 bits per heavy atom. The molecule has 2 N–H and O–H groups in total. The zero-order valence-corrected chi connectivity index (χ0v) is 9.55. The number of nitrogens with two attached hydrogens (primary N) is 1. The summed E-state index contributed by atoms with van der Waals surface area (Å²) in [5, 5.41) is 0. The van der Waals surface area contributed by atoms with Gasteiger partial charge in [-0.1, -0.05) is 0 Å². The van der Waals surface area contributed by atoms with Gasteiger partial charge in [0.2, 0.25) is 0 Å². The summed E-state index contributed by atoms with van der Waals surface area (Å²) in [6, 6.07) is 0.131. The number of hydrogen-bond acceptors (Lipinski definition) is 2. The topological polar surface area (TPSA) is 48.0 Å². The van der Waals surface area contributed by atoms with Gasteiger partial charge in [-0.3, -0.25) is 4.79 Å². The van der Waals surface area contributed by atoms with E-state index in [1.54, 1.807) is 10.8 Å². The lowest BCUT2D eigenvalue weighted by Crippen LogP contribution is -2.23. The molecule has 0 radical (unpaired) electrons. The standard InChI is InChI=1S/C9H13BrN2O/c1-5(2)12-4-7(11)6(3)8(10)9(12)13/h4-5H,11H2,1-3H3. The van der Waals surface area contributed by atoms with Crippen molar-refractivity contribution in [1.82, 2.24) is 4.57 Å². The van der Waals surface area contributed by atoms with Crippen LogP contribution in [0, 0.1) is 6.92 Å². The Labute approximate surface area is 85.7 Å². The van der Waals surface area contributed by atoms with Crippen molar-refractivity contribution in [2.24, 2.45) is 0 Å². The third-order valence-corrected chi connectivity index (χ3v) is 2.95. The summed E-state index contributed by atoms with van der Waals surface area (Å²) >= 11 is 3.24. The molecule has 0 aliphatic rings. The molecule has 0 saturated carbocycles. The quantitative estimate of drug-likeness (QED) is 0.823. The van der Waals surface area contributed by atoms with Crippen molar-refractivity contribution in [2.45, 2.75) is 26.8 Å². The molecule has 4 heteroatoms. The summed E-state index contributed by atoms with van der Waals surface area (Å²) in [5.41, 5.74) is 7.16. The second kappa shape index (κ2) is 3.54. The van der Waals surface area contributed by atoms with Crippen LogP contribution in [-0.4, -0.2) is 4.57 Å². The van der Waals surface area contributed by atoms with Crippen LogP contribution in [0.25, 0.3) is 0 Å². The van der Waals surface area contributed by atoms with Crippen molar-refractivity contribution in [3.8, 4) is 0 Å². The van der Waals surface area contributed by atoms with Crippen molar-refractivity contribution in [3.63, 3.8) is 0 Å². The van der Waals surface area contributed by atoms with Gasteiger partial charge < -0.3 is 10.3 Å². The lowest BCUT2D eigenvalue weighted by molar-refractivity contribution is 0.576. The van der Waals surface area contributed by atoms with Crippen LogP contribution in [0.15, 0.2) is 15.5 Å². The SMILES string of the molecule is Cc1c(N)cn(C(C)C)c(=O)c1Br. The highest BCUT2D eigenvalue weighted by molar-refractivity contribution is 9.10. The first-order valence-electron chi connectivity index (χ1n) is 4.12. The zero-order chi connectivity index (χ0) is 10.2. The number of nitrogen functional groups attached to an aromatic ring is 1. The average molecular weight is 245 g/mol. The normalized spacial score (nSPS) is 10.8. The Balaban J connectivity index is 3.51. The molecule has 0 aliphatic heterocycles. The van der Waals surface area contributed by atoms with Gasteiger partial charge in [-0.25, -0.2) is 0 Å². The lowest BCUT2D eigenvalue weighted by Gasteiger charge is -2.13. The summed E-state index contributed by atoms with van der Waals surface area (Å²) in [6.45, 7) is 5.72. The molecule has 0 bridgehead atoms. The van der Waals surface area contributed by atoms with E-state index in [-0.39, 0.29) is 11.6 Å². The Morgan fingerprint density at radius 2 is 2.08 bits per heavy atom. The van der Waals surface area contributed by atoms with E-state index in [2.05, 4.69) is 15.9 Å². The third-order valence-electron chi connectivity index (χ3n) is 2.02. The van der Waals surface area contributed by atoms with Crippen molar-refractivity contribution in [1.29, 1.82) is 0 Å². The van der Waals surface area contributed by atoms with Crippen LogP contribution in [0.2, 0.25) is 0 Å². The molecule has 0 spiro atoms. The van der Waals surface area contributed by atoms with E-state index in [1.165, 1.54) is 0 Å². The Hall–Kier alpha value is -0.770. The van der Waals surface area contributed by atoms with Crippen molar-refractivity contribution < 1.29 is 0 Å². The maximum atomic E-state index is 11.6. The number of rotatable bonds is 1. The average Bonchev–Trinajstić information content (AvgIpc) is 2.07. The second-order valence-corrected chi connectivity index (χ2v) is 4.12. The summed E-state index contributed by atoms with van der Waals surface area (Å²) in [7, 11) is 0. The predicted molar refractivity (Wildman–Crippen MR) is 57.9 cm³/mol. The molecular formula is C9H13BrN2O. The highest BCUT2D eigenvalue weighted by Gasteiger charge is 2.09. The molecule has 0 amide bonds. The van der Waals surface area contributed by atoms with Crippen molar-refractivity contribution in [3.05, 3.63) is 26.6 Å². The number of pyridine rings is 1. The fourth-order valence-electron chi connectivity index (χ4n) is 1.09. The maximum absolute atomic E-state index is 11.6. The molecule has 1 heterocycles. The lowest BCUT2D eigenvalue weighted by atomic mass is 10.2. The first kappa shape index (κ1) is 10.3. The van der Waals surface area contributed by atoms with E-state index in [0.29, 0.717) is 10.2 Å². The van der Waals surface area contributed by atoms with Gasteiger partial charge in [0.15, 0.2) is 0 Å². The van der Waals surface area contributed by atoms with Crippen LogP contribution in [0.3, 0.4) is 0 Å². The fourth-order valence-corrected chi connectivity index (χ4v) is 1.52. The molecule has 1 rings (SSSR count). The van der Waals surface area contributed by atoms with Crippen molar-refractivity contribution in [2.75, 3.05) is 5.73 Å². The van der Waals surface area contributed by atoms with Gasteiger partial charge >= 0.3 is 0 Å². The molecule has 3 nitrogen and oxygen atoms in total. The number of anilines is 1. The molecule has 0 saturated heterocycles. The van der Waals surface area contributed by atoms with E-state index < -0.39 is 0 Å². The molecule has 0 atom stereocenters. The minimum atomic E-state index is -0.0262. The number of aromatic nitrogens is 1. The van der Waals surface area contributed by atoms with Gasteiger partial charge in [0, 0.05) is 12.2 Å². The van der Waals surface area contributed by atoms with E-state index in [0.717, 1.165) is 5.56 Å². The first-order valence-corrected chi connectivity index (χ1v) is 4.91. The van der Waals surface area contributed by atoms with Gasteiger partial charge in [-0.15, -0.1) is 0 Å². The smallest absolute Gasteiger partial charge is 0.265 e. The van der Waals surface area contributed by atoms with E-state index in [9.17, 15) is 4.79 Å². The Morgan fingerprint density at radius 1 is 1.54 bits per heavy atom. The molecule has 0 fully saturated rings. The molecule has 13 heavy (non-hydrogen) atoms. The highest BCUT2D eigenvalue weighted by Crippen LogP contribution is 2.18.